The molecule has 2 atom stereocenters. The number of carbonyl (C=O) groups excluding carboxylic acids is 1. The van der Waals surface area contributed by atoms with E-state index in [0.717, 1.165) is 24.3 Å². The van der Waals surface area contributed by atoms with Gasteiger partial charge in [-0.2, -0.15) is 0 Å². The quantitative estimate of drug-likeness (QED) is 0.869. The number of nitrogens with one attached hydrogen (secondary N) is 1. The van der Waals surface area contributed by atoms with Crippen LogP contribution < -0.4 is 10.2 Å². The number of nitrogens with zero attached hydrogens (tertiary/aromatic N) is 3. The molecule has 0 spiro atoms. The van der Waals surface area contributed by atoms with Crippen LogP contribution in [0.1, 0.15) is 53.6 Å². The molecule has 1 aromatic carbocycles. The number of rotatable bonds is 4. The van der Waals surface area contributed by atoms with Crippen LogP contribution in [0, 0.1) is 20.8 Å². The summed E-state index contributed by atoms with van der Waals surface area (Å²) in [5.41, 5.74) is 4.27. The summed E-state index contributed by atoms with van der Waals surface area (Å²) in [5, 5.41) is 6.87. The van der Waals surface area contributed by atoms with Crippen LogP contribution in [0.25, 0.3) is 0 Å². The lowest BCUT2D eigenvalue weighted by Gasteiger charge is -2.28. The van der Waals surface area contributed by atoms with Crippen molar-refractivity contribution in [3.05, 3.63) is 40.8 Å². The van der Waals surface area contributed by atoms with E-state index in [0.29, 0.717) is 29.1 Å². The Bertz CT molecular complexity index is 856. The van der Waals surface area contributed by atoms with Crippen LogP contribution in [-0.2, 0) is 0 Å². The van der Waals surface area contributed by atoms with E-state index in [9.17, 15) is 4.79 Å². The van der Waals surface area contributed by atoms with Gasteiger partial charge >= 0.3 is 0 Å². The molecule has 0 saturated carbocycles. The Labute approximate surface area is 166 Å². The Morgan fingerprint density at radius 1 is 1.21 bits per heavy atom. The minimum absolute atomic E-state index is 0.170. The number of benzene rings is 1. The zero-order chi connectivity index (χ0) is 19.8. The number of hydrogen-bond acceptors (Lipinski definition) is 5. The number of aryl methyl sites for hydroxylation is 3. The minimum atomic E-state index is -0.170. The van der Waals surface area contributed by atoms with Crippen LogP contribution >= 0.6 is 0 Å². The number of aromatic nitrogens is 1. The molecular formula is C22H30N4O2. The topological polar surface area (TPSA) is 61.6 Å². The van der Waals surface area contributed by atoms with Crippen molar-refractivity contribution in [3.8, 4) is 0 Å². The van der Waals surface area contributed by atoms with Crippen LogP contribution in [0.4, 0.5) is 11.4 Å². The number of carbonyl (C=O) groups is 1. The highest BCUT2D eigenvalue weighted by Crippen LogP contribution is 2.30. The van der Waals surface area contributed by atoms with Crippen molar-refractivity contribution >= 4 is 17.3 Å². The van der Waals surface area contributed by atoms with Crippen molar-refractivity contribution < 1.29 is 9.32 Å². The normalized spacial score (nSPS) is 22.8. The first-order valence-electron chi connectivity index (χ1n) is 10.3. The summed E-state index contributed by atoms with van der Waals surface area (Å²) in [6.45, 7) is 11.4. The highest BCUT2D eigenvalue weighted by Gasteiger charge is 2.33. The molecule has 0 bridgehead atoms. The van der Waals surface area contributed by atoms with Crippen molar-refractivity contribution in [3.63, 3.8) is 0 Å². The maximum atomic E-state index is 12.6. The molecule has 28 heavy (non-hydrogen) atoms. The standard InChI is InChI=1S/C22H30N4O2/c1-14-12-18(25-11-9-19(13-25)26-10-5-6-15(26)2)7-8-20(14)23-22(27)21-16(3)24-28-17(21)4/h7-8,12,15,19H,5-6,9-11,13H2,1-4H3,(H,23,27)/t15-,19+/m0/s1. The third kappa shape index (κ3) is 3.53. The molecule has 3 heterocycles. The van der Waals surface area contributed by atoms with Gasteiger partial charge in [0.2, 0.25) is 0 Å². The zero-order valence-corrected chi connectivity index (χ0v) is 17.3. The first kappa shape index (κ1) is 19.0. The second-order valence-electron chi connectivity index (χ2n) is 8.27. The van der Waals surface area contributed by atoms with Gasteiger partial charge in [-0.15, -0.1) is 0 Å². The Kier molecular flexibility index (Phi) is 5.15. The number of anilines is 2. The van der Waals surface area contributed by atoms with Crippen LogP contribution in [0.5, 0.6) is 0 Å². The summed E-state index contributed by atoms with van der Waals surface area (Å²) in [6.07, 6.45) is 3.89. The number of hydrogen-bond donors (Lipinski definition) is 1. The summed E-state index contributed by atoms with van der Waals surface area (Å²) in [5.74, 6) is 0.375. The molecule has 4 rings (SSSR count). The molecule has 2 fully saturated rings. The molecule has 0 unspecified atom stereocenters. The molecule has 2 aliphatic rings. The monoisotopic (exact) mass is 382 g/mol. The smallest absolute Gasteiger partial charge is 0.261 e. The summed E-state index contributed by atoms with van der Waals surface area (Å²) in [6, 6.07) is 7.68. The van der Waals surface area contributed by atoms with Crippen LogP contribution in [-0.4, -0.2) is 47.7 Å². The van der Waals surface area contributed by atoms with E-state index in [4.69, 9.17) is 4.52 Å². The van der Waals surface area contributed by atoms with E-state index < -0.39 is 0 Å². The first-order valence-corrected chi connectivity index (χ1v) is 10.3. The van der Waals surface area contributed by atoms with Gasteiger partial charge in [0, 0.05) is 36.5 Å². The van der Waals surface area contributed by atoms with Gasteiger partial charge in [0.25, 0.3) is 5.91 Å². The average molecular weight is 383 g/mol. The highest BCUT2D eigenvalue weighted by atomic mass is 16.5. The third-order valence-corrected chi connectivity index (χ3v) is 6.32. The summed E-state index contributed by atoms with van der Waals surface area (Å²) < 4.78 is 5.11. The van der Waals surface area contributed by atoms with Gasteiger partial charge in [0.15, 0.2) is 0 Å². The fraction of sp³-hybridized carbons (Fsp3) is 0.545. The second kappa shape index (κ2) is 7.59. The van der Waals surface area contributed by atoms with Crippen LogP contribution in [0.15, 0.2) is 22.7 Å². The van der Waals surface area contributed by atoms with E-state index in [1.807, 2.05) is 13.0 Å². The van der Waals surface area contributed by atoms with Gasteiger partial charge in [-0.05, 0) is 77.3 Å². The van der Waals surface area contributed by atoms with Crippen LogP contribution in [0.2, 0.25) is 0 Å². The summed E-state index contributed by atoms with van der Waals surface area (Å²) >= 11 is 0. The Morgan fingerprint density at radius 2 is 2.04 bits per heavy atom. The van der Waals surface area contributed by atoms with Crippen molar-refractivity contribution in [1.82, 2.24) is 10.1 Å². The van der Waals surface area contributed by atoms with E-state index in [1.54, 1.807) is 13.8 Å². The molecule has 150 valence electrons. The average Bonchev–Trinajstić information content (AvgIpc) is 3.37. The van der Waals surface area contributed by atoms with Gasteiger partial charge in [0.1, 0.15) is 11.3 Å². The first-order chi connectivity index (χ1) is 13.4. The summed E-state index contributed by atoms with van der Waals surface area (Å²) in [4.78, 5) is 17.8. The highest BCUT2D eigenvalue weighted by molar-refractivity contribution is 6.06. The summed E-state index contributed by atoms with van der Waals surface area (Å²) in [7, 11) is 0. The Morgan fingerprint density at radius 3 is 2.68 bits per heavy atom. The third-order valence-electron chi connectivity index (χ3n) is 6.32. The Hall–Kier alpha value is -2.34. The maximum absolute atomic E-state index is 12.6. The van der Waals surface area contributed by atoms with E-state index in [-0.39, 0.29) is 5.91 Å². The molecule has 1 amide bonds. The van der Waals surface area contributed by atoms with Gasteiger partial charge in [-0.1, -0.05) is 5.16 Å². The van der Waals surface area contributed by atoms with Crippen molar-refractivity contribution in [2.45, 2.75) is 59.0 Å². The maximum Gasteiger partial charge on any atom is 0.261 e. The largest absolute Gasteiger partial charge is 0.370 e. The van der Waals surface area contributed by atoms with E-state index >= 15 is 0 Å². The zero-order valence-electron chi connectivity index (χ0n) is 17.3. The SMILES string of the molecule is Cc1cc(N2CC[C@@H](N3CCC[C@@H]3C)C2)ccc1NC(=O)c1c(C)noc1C. The fourth-order valence-electron chi connectivity index (χ4n) is 4.72. The minimum Gasteiger partial charge on any atom is -0.370 e. The predicted molar refractivity (Wildman–Crippen MR) is 111 cm³/mol. The van der Waals surface area contributed by atoms with Gasteiger partial charge in [-0.3, -0.25) is 9.69 Å². The molecule has 0 radical (unpaired) electrons. The van der Waals surface area contributed by atoms with E-state index in [1.165, 1.54) is 31.5 Å². The molecule has 2 aliphatic heterocycles. The molecule has 1 aromatic heterocycles. The molecule has 6 nitrogen and oxygen atoms in total. The van der Waals surface area contributed by atoms with Crippen molar-refractivity contribution in [2.24, 2.45) is 0 Å². The van der Waals surface area contributed by atoms with E-state index in [2.05, 4.69) is 39.3 Å². The molecule has 6 heteroatoms. The number of likely N-dealkylation sites (tertiary alicyclic amines) is 1. The predicted octanol–water partition coefficient (Wildman–Crippen LogP) is 3.92. The molecule has 2 saturated heterocycles. The van der Waals surface area contributed by atoms with Gasteiger partial charge < -0.3 is 14.7 Å². The Balaban J connectivity index is 1.44. The molecule has 0 aliphatic carbocycles. The second-order valence-corrected chi connectivity index (χ2v) is 8.27. The molecular weight excluding hydrogens is 352 g/mol. The molecule has 1 N–H and O–H groups in total. The number of amides is 1. The van der Waals surface area contributed by atoms with Crippen LogP contribution in [0.3, 0.4) is 0 Å². The lowest BCUT2D eigenvalue weighted by atomic mass is 10.1. The lowest BCUT2D eigenvalue weighted by Crippen LogP contribution is -2.39. The molecule has 2 aromatic rings. The van der Waals surface area contributed by atoms with Crippen molar-refractivity contribution in [2.75, 3.05) is 29.9 Å². The lowest BCUT2D eigenvalue weighted by molar-refractivity contribution is 0.102. The van der Waals surface area contributed by atoms with Crippen molar-refractivity contribution in [1.29, 1.82) is 0 Å². The van der Waals surface area contributed by atoms with Gasteiger partial charge in [-0.25, -0.2) is 0 Å². The van der Waals surface area contributed by atoms with Gasteiger partial charge in [0.05, 0.1) is 5.69 Å². The fourth-order valence-corrected chi connectivity index (χ4v) is 4.72.